The molecule has 38 heavy (non-hydrogen) atoms. The van der Waals surface area contributed by atoms with Gasteiger partial charge in [-0.1, -0.05) is 11.3 Å². The number of carbonyl (C=O) groups excluding carboxylic acids is 1. The summed E-state index contributed by atoms with van der Waals surface area (Å²) in [5.74, 6) is 0.363. The number of nitrogens with zero attached hydrogens (tertiary/aromatic N) is 7. The average Bonchev–Trinajstić information content (AvgIpc) is 3.32. The summed E-state index contributed by atoms with van der Waals surface area (Å²) in [4.78, 5) is 50.0. The summed E-state index contributed by atoms with van der Waals surface area (Å²) in [5, 5.41) is 10.0. The van der Waals surface area contributed by atoms with Crippen molar-refractivity contribution in [2.75, 3.05) is 29.4 Å². The predicted octanol–water partition coefficient (Wildman–Crippen LogP) is 4.11. The molecule has 196 valence electrons. The highest BCUT2D eigenvalue weighted by molar-refractivity contribution is 7.23. The third kappa shape index (κ3) is 4.74. The molecule has 0 spiro atoms. The van der Waals surface area contributed by atoms with Gasteiger partial charge in [-0.2, -0.15) is 0 Å². The van der Waals surface area contributed by atoms with Gasteiger partial charge in [-0.3, -0.25) is 9.69 Å². The zero-order chi connectivity index (χ0) is 27.0. The average molecular weight is 533 g/mol. The van der Waals surface area contributed by atoms with Crippen molar-refractivity contribution in [1.82, 2.24) is 24.9 Å². The maximum absolute atomic E-state index is 12.0. The number of piperidine rings is 1. The molecule has 1 saturated heterocycles. The molecule has 0 radical (unpaired) electrons. The van der Waals surface area contributed by atoms with Gasteiger partial charge in [0.05, 0.1) is 15.6 Å². The van der Waals surface area contributed by atoms with E-state index in [0.717, 1.165) is 27.1 Å². The number of rotatable bonds is 6. The summed E-state index contributed by atoms with van der Waals surface area (Å²) < 4.78 is 0.849. The van der Waals surface area contributed by atoms with Crippen LogP contribution in [0.3, 0.4) is 0 Å². The lowest BCUT2D eigenvalue weighted by Gasteiger charge is -2.36. The molecule has 1 aliphatic heterocycles. The second-order valence-electron chi connectivity index (χ2n) is 9.60. The van der Waals surface area contributed by atoms with Crippen molar-refractivity contribution in [1.29, 1.82) is 0 Å². The Balaban J connectivity index is 1.52. The molecular weight excluding hydrogens is 504 g/mol. The normalized spacial score (nSPS) is 15.0. The third-order valence-corrected chi connectivity index (χ3v) is 8.09. The molecule has 0 atom stereocenters. The SMILES string of the molecule is CCN(C(N)=O)c1nc2cc(-c3cnc(N4CCC(C)(C(=O)O)CC4)nc3)cc(-c3nccc(C)n3)c2s1. The number of aromatic nitrogens is 5. The Labute approximate surface area is 223 Å². The quantitative estimate of drug-likeness (QED) is 0.374. The van der Waals surface area contributed by atoms with Crippen LogP contribution in [0.5, 0.6) is 0 Å². The van der Waals surface area contributed by atoms with E-state index >= 15 is 0 Å². The first-order chi connectivity index (χ1) is 18.2. The molecule has 2 amide bonds. The highest BCUT2D eigenvalue weighted by atomic mass is 32.1. The van der Waals surface area contributed by atoms with E-state index < -0.39 is 17.4 Å². The van der Waals surface area contributed by atoms with Crippen LogP contribution in [0, 0.1) is 12.3 Å². The Bertz CT molecular complexity index is 1510. The van der Waals surface area contributed by atoms with Gasteiger partial charge < -0.3 is 15.7 Å². The van der Waals surface area contributed by atoms with Gasteiger partial charge in [0.25, 0.3) is 0 Å². The van der Waals surface area contributed by atoms with E-state index in [4.69, 9.17) is 10.7 Å². The van der Waals surface area contributed by atoms with Crippen LogP contribution in [-0.2, 0) is 4.79 Å². The molecular formula is C26H28N8O3S. The molecule has 4 aromatic rings. The monoisotopic (exact) mass is 532 g/mol. The second kappa shape index (κ2) is 9.93. The van der Waals surface area contributed by atoms with Crippen molar-refractivity contribution in [2.24, 2.45) is 11.1 Å². The number of carboxylic acids is 1. The molecule has 0 saturated carbocycles. The number of aryl methyl sites for hydroxylation is 1. The number of nitrogens with two attached hydrogens (primary N) is 1. The lowest BCUT2D eigenvalue weighted by molar-refractivity contribution is -0.149. The summed E-state index contributed by atoms with van der Waals surface area (Å²) in [6.45, 7) is 7.10. The van der Waals surface area contributed by atoms with Gasteiger partial charge in [0.2, 0.25) is 5.95 Å². The molecule has 5 rings (SSSR count). The lowest BCUT2D eigenvalue weighted by atomic mass is 9.80. The molecule has 1 aromatic carbocycles. The van der Waals surface area contributed by atoms with E-state index in [1.807, 2.05) is 36.9 Å². The van der Waals surface area contributed by atoms with Gasteiger partial charge in [-0.15, -0.1) is 0 Å². The summed E-state index contributed by atoms with van der Waals surface area (Å²) in [7, 11) is 0. The zero-order valence-electron chi connectivity index (χ0n) is 21.4. The largest absolute Gasteiger partial charge is 0.481 e. The smallest absolute Gasteiger partial charge is 0.321 e. The number of carboxylic acid groups (broad SMARTS) is 1. The Morgan fingerprint density at radius 1 is 1.13 bits per heavy atom. The predicted molar refractivity (Wildman–Crippen MR) is 146 cm³/mol. The fourth-order valence-corrected chi connectivity index (χ4v) is 5.61. The Morgan fingerprint density at radius 3 is 2.45 bits per heavy atom. The molecule has 1 aliphatic rings. The van der Waals surface area contributed by atoms with Gasteiger partial charge >= 0.3 is 12.0 Å². The molecule has 0 unspecified atom stereocenters. The molecule has 11 nitrogen and oxygen atoms in total. The number of carbonyl (C=O) groups is 2. The Morgan fingerprint density at radius 2 is 1.84 bits per heavy atom. The van der Waals surface area contributed by atoms with E-state index in [-0.39, 0.29) is 0 Å². The van der Waals surface area contributed by atoms with Crippen LogP contribution in [0.2, 0.25) is 0 Å². The van der Waals surface area contributed by atoms with Gasteiger partial charge in [0.15, 0.2) is 11.0 Å². The van der Waals surface area contributed by atoms with Crippen molar-refractivity contribution in [3.63, 3.8) is 0 Å². The molecule has 4 heterocycles. The van der Waals surface area contributed by atoms with Crippen molar-refractivity contribution in [2.45, 2.75) is 33.6 Å². The molecule has 0 aliphatic carbocycles. The molecule has 1 fully saturated rings. The number of fused-ring (bicyclic) bond motifs is 1. The highest BCUT2D eigenvalue weighted by Crippen LogP contribution is 2.39. The van der Waals surface area contributed by atoms with E-state index in [9.17, 15) is 14.7 Å². The zero-order valence-corrected chi connectivity index (χ0v) is 22.2. The van der Waals surface area contributed by atoms with Crippen LogP contribution in [0.4, 0.5) is 15.9 Å². The highest BCUT2D eigenvalue weighted by Gasteiger charge is 2.37. The van der Waals surface area contributed by atoms with Gasteiger partial charge in [-0.25, -0.2) is 29.7 Å². The van der Waals surface area contributed by atoms with E-state index in [0.29, 0.717) is 54.9 Å². The van der Waals surface area contributed by atoms with Gasteiger partial charge in [-0.05, 0) is 57.4 Å². The topological polar surface area (TPSA) is 151 Å². The number of primary amides is 1. The van der Waals surface area contributed by atoms with Crippen LogP contribution in [0.1, 0.15) is 32.4 Å². The number of urea groups is 1. The summed E-state index contributed by atoms with van der Waals surface area (Å²) in [5.41, 5.74) is 8.79. The second-order valence-corrected chi connectivity index (χ2v) is 10.6. The number of amides is 2. The minimum absolute atomic E-state index is 0.399. The molecule has 0 bridgehead atoms. The van der Waals surface area contributed by atoms with Crippen molar-refractivity contribution in [3.8, 4) is 22.5 Å². The molecule has 3 N–H and O–H groups in total. The minimum atomic E-state index is -0.764. The maximum Gasteiger partial charge on any atom is 0.321 e. The van der Waals surface area contributed by atoms with Crippen molar-refractivity contribution >= 4 is 44.6 Å². The van der Waals surface area contributed by atoms with Crippen molar-refractivity contribution in [3.05, 3.63) is 42.5 Å². The van der Waals surface area contributed by atoms with Crippen LogP contribution in [0.25, 0.3) is 32.7 Å². The van der Waals surface area contributed by atoms with Gasteiger partial charge in [0, 0.05) is 55.0 Å². The number of anilines is 2. The number of hydrogen-bond acceptors (Lipinski definition) is 9. The first-order valence-corrected chi connectivity index (χ1v) is 13.1. The number of aliphatic carboxylic acids is 1. The Hall–Kier alpha value is -4.19. The summed E-state index contributed by atoms with van der Waals surface area (Å²) in [6.07, 6.45) is 6.30. The summed E-state index contributed by atoms with van der Waals surface area (Å²) >= 11 is 1.37. The van der Waals surface area contributed by atoms with Crippen molar-refractivity contribution < 1.29 is 14.7 Å². The van der Waals surface area contributed by atoms with Crippen LogP contribution < -0.4 is 15.5 Å². The first-order valence-electron chi connectivity index (χ1n) is 12.3. The number of benzene rings is 1. The van der Waals surface area contributed by atoms with E-state index in [2.05, 4.69) is 19.9 Å². The Kier molecular flexibility index (Phi) is 6.66. The molecule has 3 aromatic heterocycles. The van der Waals surface area contributed by atoms with E-state index in [1.54, 1.807) is 25.5 Å². The maximum atomic E-state index is 12.0. The van der Waals surface area contributed by atoms with Gasteiger partial charge in [0.1, 0.15) is 0 Å². The number of hydrogen-bond donors (Lipinski definition) is 2. The summed E-state index contributed by atoms with van der Waals surface area (Å²) in [6, 6.07) is 5.18. The van der Waals surface area contributed by atoms with Crippen LogP contribution >= 0.6 is 11.3 Å². The van der Waals surface area contributed by atoms with E-state index in [1.165, 1.54) is 16.2 Å². The fraction of sp³-hybridized carbons (Fsp3) is 0.346. The first kappa shape index (κ1) is 25.5. The minimum Gasteiger partial charge on any atom is -0.481 e. The fourth-order valence-electron chi connectivity index (χ4n) is 4.48. The molecule has 12 heteroatoms. The lowest BCUT2D eigenvalue weighted by Crippen LogP contribution is -2.43. The third-order valence-electron chi connectivity index (χ3n) is 6.97. The standard InChI is InChI=1S/C26H28N8O3S/c1-4-34(23(27)37)25-32-19-12-16(11-18(20(19)38-25)21-28-8-5-15(2)31-21)17-13-29-24(30-14-17)33-9-6-26(3,7-10-33)22(35)36/h5,8,11-14H,4,6-7,9-10H2,1-3H3,(H2,27,37)(H,35,36). The van der Waals surface area contributed by atoms with Crippen LogP contribution in [0.15, 0.2) is 36.8 Å². The number of thiazole rings is 1. The van der Waals surface area contributed by atoms with Crippen LogP contribution in [-0.4, -0.2) is 61.7 Å².